The standard InChI is InChI=1S/C13H14F2N4O2/c1-19-8-9(7-18-19)13(11(16)20,21-12(14)15)6-10-4-2-3-5-17-10/h2-5,7-8,12H,6H2,1H3,(H2,16,20). The average molecular weight is 296 g/mol. The summed E-state index contributed by atoms with van der Waals surface area (Å²) >= 11 is 0. The van der Waals surface area contributed by atoms with E-state index in [-0.39, 0.29) is 12.0 Å². The molecule has 1 amide bonds. The largest absolute Gasteiger partial charge is 0.367 e. The van der Waals surface area contributed by atoms with Crippen LogP contribution >= 0.6 is 0 Å². The molecule has 0 aliphatic rings. The van der Waals surface area contributed by atoms with Crippen LogP contribution in [0, 0.1) is 0 Å². The first-order chi connectivity index (χ1) is 9.94. The minimum atomic E-state index is -3.17. The maximum atomic E-state index is 12.8. The summed E-state index contributed by atoms with van der Waals surface area (Å²) in [5.74, 6) is -1.03. The van der Waals surface area contributed by atoms with Crippen molar-refractivity contribution >= 4 is 5.91 Å². The molecule has 0 spiro atoms. The molecule has 2 aromatic heterocycles. The lowest BCUT2D eigenvalue weighted by Gasteiger charge is -2.29. The number of pyridine rings is 1. The molecule has 0 saturated carbocycles. The Labute approximate surface area is 119 Å². The number of alkyl halides is 2. The van der Waals surface area contributed by atoms with Crippen molar-refractivity contribution in [2.75, 3.05) is 0 Å². The molecule has 2 heterocycles. The SMILES string of the molecule is Cn1cc(C(Cc2ccccn2)(OC(F)F)C(N)=O)cn1. The van der Waals surface area contributed by atoms with Gasteiger partial charge in [-0.2, -0.15) is 13.9 Å². The number of aromatic nitrogens is 3. The zero-order chi connectivity index (χ0) is 15.5. The van der Waals surface area contributed by atoms with E-state index < -0.39 is 18.1 Å². The minimum absolute atomic E-state index is 0.156. The minimum Gasteiger partial charge on any atom is -0.367 e. The van der Waals surface area contributed by atoms with Gasteiger partial charge < -0.3 is 10.5 Å². The third-order valence-corrected chi connectivity index (χ3v) is 3.02. The fraction of sp³-hybridized carbons (Fsp3) is 0.308. The number of rotatable bonds is 6. The topological polar surface area (TPSA) is 83.0 Å². The Bertz CT molecular complexity index is 618. The van der Waals surface area contributed by atoms with Crippen molar-refractivity contribution in [1.29, 1.82) is 0 Å². The summed E-state index contributed by atoms with van der Waals surface area (Å²) in [6.07, 6.45) is 3.97. The first kappa shape index (κ1) is 15.0. The van der Waals surface area contributed by atoms with E-state index in [4.69, 9.17) is 5.73 Å². The number of ether oxygens (including phenoxy) is 1. The lowest BCUT2D eigenvalue weighted by Crippen LogP contribution is -2.46. The number of carbonyl (C=O) groups is 1. The predicted octanol–water partition coefficient (Wildman–Crippen LogP) is 0.978. The van der Waals surface area contributed by atoms with E-state index in [1.165, 1.54) is 23.3 Å². The van der Waals surface area contributed by atoms with Crippen molar-refractivity contribution in [3.63, 3.8) is 0 Å². The highest BCUT2D eigenvalue weighted by Crippen LogP contribution is 2.31. The van der Waals surface area contributed by atoms with Gasteiger partial charge in [0, 0.05) is 37.1 Å². The van der Waals surface area contributed by atoms with Crippen molar-refractivity contribution in [3.8, 4) is 0 Å². The second kappa shape index (κ2) is 5.96. The molecular formula is C13H14F2N4O2. The van der Waals surface area contributed by atoms with Crippen molar-refractivity contribution < 1.29 is 18.3 Å². The summed E-state index contributed by atoms with van der Waals surface area (Å²) in [5, 5.41) is 3.88. The molecule has 2 N–H and O–H groups in total. The van der Waals surface area contributed by atoms with Gasteiger partial charge in [-0.15, -0.1) is 0 Å². The van der Waals surface area contributed by atoms with E-state index in [9.17, 15) is 13.6 Å². The van der Waals surface area contributed by atoms with Crippen LogP contribution in [-0.4, -0.2) is 27.3 Å². The number of primary amides is 1. The second-order valence-electron chi connectivity index (χ2n) is 4.47. The van der Waals surface area contributed by atoms with Crippen LogP contribution in [-0.2, 0) is 28.6 Å². The quantitative estimate of drug-likeness (QED) is 0.861. The van der Waals surface area contributed by atoms with E-state index >= 15 is 0 Å². The lowest BCUT2D eigenvalue weighted by molar-refractivity contribution is -0.213. The fourth-order valence-corrected chi connectivity index (χ4v) is 2.04. The summed E-state index contributed by atoms with van der Waals surface area (Å²) in [6.45, 7) is -3.17. The van der Waals surface area contributed by atoms with Gasteiger partial charge in [0.2, 0.25) is 0 Å². The maximum absolute atomic E-state index is 12.8. The molecule has 1 unspecified atom stereocenters. The van der Waals surface area contributed by atoms with E-state index in [0.29, 0.717) is 5.69 Å². The fourth-order valence-electron chi connectivity index (χ4n) is 2.04. The Kier molecular flexibility index (Phi) is 4.27. The molecule has 2 aromatic rings. The van der Waals surface area contributed by atoms with Crippen LogP contribution in [0.3, 0.4) is 0 Å². The van der Waals surface area contributed by atoms with Gasteiger partial charge in [0.05, 0.1) is 6.20 Å². The summed E-state index contributed by atoms with van der Waals surface area (Å²) in [5.41, 5.74) is 3.89. The van der Waals surface area contributed by atoms with Gasteiger partial charge in [-0.3, -0.25) is 14.5 Å². The van der Waals surface area contributed by atoms with Crippen LogP contribution in [0.5, 0.6) is 0 Å². The van der Waals surface area contributed by atoms with Gasteiger partial charge >= 0.3 is 6.61 Å². The van der Waals surface area contributed by atoms with Crippen LogP contribution in [0.15, 0.2) is 36.8 Å². The average Bonchev–Trinajstić information content (AvgIpc) is 2.85. The molecule has 0 radical (unpaired) electrons. The van der Waals surface area contributed by atoms with Crippen LogP contribution in [0.4, 0.5) is 8.78 Å². The Balaban J connectivity index is 2.48. The number of hydrogen-bond donors (Lipinski definition) is 1. The molecule has 1 atom stereocenters. The Morgan fingerprint density at radius 2 is 2.29 bits per heavy atom. The highest BCUT2D eigenvalue weighted by molar-refractivity contribution is 5.85. The second-order valence-corrected chi connectivity index (χ2v) is 4.47. The third kappa shape index (κ3) is 3.22. The van der Waals surface area contributed by atoms with Gasteiger partial charge in [-0.25, -0.2) is 0 Å². The molecule has 112 valence electrons. The van der Waals surface area contributed by atoms with E-state index in [1.54, 1.807) is 25.2 Å². The van der Waals surface area contributed by atoms with Crippen LogP contribution in [0.2, 0.25) is 0 Å². The van der Waals surface area contributed by atoms with Crippen molar-refractivity contribution in [2.24, 2.45) is 12.8 Å². The van der Waals surface area contributed by atoms with Gasteiger partial charge in [0.15, 0.2) is 5.60 Å². The van der Waals surface area contributed by atoms with Gasteiger partial charge in [-0.1, -0.05) is 6.07 Å². The molecular weight excluding hydrogens is 282 g/mol. The zero-order valence-corrected chi connectivity index (χ0v) is 11.2. The summed E-state index contributed by atoms with van der Waals surface area (Å²) in [4.78, 5) is 15.9. The Morgan fingerprint density at radius 1 is 1.52 bits per heavy atom. The molecule has 0 aliphatic carbocycles. The van der Waals surface area contributed by atoms with Gasteiger partial charge in [0.25, 0.3) is 5.91 Å². The summed E-state index contributed by atoms with van der Waals surface area (Å²) in [7, 11) is 1.60. The number of amides is 1. The van der Waals surface area contributed by atoms with E-state index in [0.717, 1.165) is 0 Å². The molecule has 21 heavy (non-hydrogen) atoms. The van der Waals surface area contributed by atoms with Crippen molar-refractivity contribution in [2.45, 2.75) is 18.6 Å². The zero-order valence-electron chi connectivity index (χ0n) is 11.2. The lowest BCUT2D eigenvalue weighted by atomic mass is 9.90. The molecule has 0 bridgehead atoms. The number of nitrogens with two attached hydrogens (primary N) is 1. The van der Waals surface area contributed by atoms with E-state index in [2.05, 4.69) is 14.8 Å². The molecule has 8 heteroatoms. The van der Waals surface area contributed by atoms with Crippen molar-refractivity contribution in [3.05, 3.63) is 48.0 Å². The number of aryl methyl sites for hydroxylation is 1. The summed E-state index contributed by atoms with van der Waals surface area (Å²) in [6, 6.07) is 4.95. The number of hydrogen-bond acceptors (Lipinski definition) is 4. The monoisotopic (exact) mass is 296 g/mol. The Hall–Kier alpha value is -2.35. The smallest absolute Gasteiger partial charge is 0.346 e. The van der Waals surface area contributed by atoms with Crippen molar-refractivity contribution in [1.82, 2.24) is 14.8 Å². The predicted molar refractivity (Wildman–Crippen MR) is 69.1 cm³/mol. The highest BCUT2D eigenvalue weighted by Gasteiger charge is 2.44. The van der Waals surface area contributed by atoms with Crippen LogP contribution in [0.1, 0.15) is 11.3 Å². The van der Waals surface area contributed by atoms with Crippen LogP contribution < -0.4 is 5.73 Å². The molecule has 0 saturated heterocycles. The highest BCUT2D eigenvalue weighted by atomic mass is 19.3. The first-order valence-corrected chi connectivity index (χ1v) is 6.09. The van der Waals surface area contributed by atoms with Crippen LogP contribution in [0.25, 0.3) is 0 Å². The molecule has 6 nitrogen and oxygen atoms in total. The molecule has 2 rings (SSSR count). The normalized spacial score (nSPS) is 14.1. The third-order valence-electron chi connectivity index (χ3n) is 3.02. The van der Waals surface area contributed by atoms with E-state index in [1.807, 2.05) is 0 Å². The number of carbonyl (C=O) groups excluding carboxylic acids is 1. The molecule has 0 fully saturated rings. The first-order valence-electron chi connectivity index (χ1n) is 6.09. The van der Waals surface area contributed by atoms with Gasteiger partial charge in [0.1, 0.15) is 0 Å². The Morgan fingerprint density at radius 3 is 2.76 bits per heavy atom. The van der Waals surface area contributed by atoms with Gasteiger partial charge in [-0.05, 0) is 12.1 Å². The maximum Gasteiger partial charge on any atom is 0.346 e. The summed E-state index contributed by atoms with van der Waals surface area (Å²) < 4.78 is 31.6. The molecule has 0 aromatic carbocycles. The molecule has 0 aliphatic heterocycles. The number of nitrogens with zero attached hydrogens (tertiary/aromatic N) is 3. The number of halogens is 2.